The van der Waals surface area contributed by atoms with E-state index in [4.69, 9.17) is 16.3 Å². The molecule has 2 N–H and O–H groups in total. The van der Waals surface area contributed by atoms with Crippen LogP contribution in [0.15, 0.2) is 6.07 Å². The Hall–Kier alpha value is -2.86. The Balaban J connectivity index is 1.17. The second kappa shape index (κ2) is 9.22. The zero-order valence-corrected chi connectivity index (χ0v) is 19.9. The molecule has 1 saturated carbocycles. The first-order valence-electron chi connectivity index (χ1n) is 11.7. The van der Waals surface area contributed by atoms with Gasteiger partial charge in [0.1, 0.15) is 18.0 Å². The minimum absolute atomic E-state index is 0.0278. The molecular formula is C23H24ClF3N4O5. The van der Waals surface area contributed by atoms with Gasteiger partial charge < -0.3 is 15.0 Å². The predicted molar refractivity (Wildman–Crippen MR) is 119 cm³/mol. The number of amides is 4. The molecule has 3 heterocycles. The van der Waals surface area contributed by atoms with E-state index in [0.29, 0.717) is 19.4 Å². The van der Waals surface area contributed by atoms with E-state index in [1.807, 2.05) is 0 Å². The van der Waals surface area contributed by atoms with E-state index >= 15 is 4.39 Å². The van der Waals surface area contributed by atoms with E-state index in [9.17, 15) is 28.0 Å². The zero-order valence-electron chi connectivity index (χ0n) is 19.1. The summed E-state index contributed by atoms with van der Waals surface area (Å²) >= 11 is 6.30. The quantitative estimate of drug-likeness (QED) is 0.568. The van der Waals surface area contributed by atoms with Gasteiger partial charge in [-0.05, 0) is 12.5 Å². The monoisotopic (exact) mass is 528 g/mol. The fourth-order valence-corrected chi connectivity index (χ4v) is 5.49. The van der Waals surface area contributed by atoms with Gasteiger partial charge in [-0.15, -0.1) is 0 Å². The standard InChI is InChI=1S/C23H24ClF3N4O5/c24-15-5-11(8-28-22(35)36-13-6-12(7-13)30-4-3-23(26,27)10-30)19(25)18-14(15)9-31(21(18)34)16-1-2-17(32)29-20(16)33/h5,12-13,16H,1-4,6-10H2,(H,28,35)(H,29,32,33)/t12?,13?,16-/m0/s1. The molecule has 0 radical (unpaired) electrons. The second-order valence-electron chi connectivity index (χ2n) is 9.67. The van der Waals surface area contributed by atoms with E-state index in [1.165, 1.54) is 11.0 Å². The van der Waals surface area contributed by atoms with Gasteiger partial charge >= 0.3 is 6.09 Å². The number of imide groups is 1. The molecule has 1 aromatic carbocycles. The first kappa shape index (κ1) is 24.8. The van der Waals surface area contributed by atoms with Gasteiger partial charge in [0.2, 0.25) is 11.8 Å². The third kappa shape index (κ3) is 4.63. The molecule has 5 rings (SSSR count). The van der Waals surface area contributed by atoms with Crippen LogP contribution in [0.3, 0.4) is 0 Å². The van der Waals surface area contributed by atoms with Gasteiger partial charge in [0, 0.05) is 67.5 Å². The summed E-state index contributed by atoms with van der Waals surface area (Å²) in [5.74, 6) is -5.29. The van der Waals surface area contributed by atoms with Crippen LogP contribution in [0.2, 0.25) is 5.02 Å². The van der Waals surface area contributed by atoms with Crippen molar-refractivity contribution in [2.24, 2.45) is 0 Å². The molecule has 1 aromatic rings. The smallest absolute Gasteiger partial charge is 0.407 e. The van der Waals surface area contributed by atoms with Gasteiger partial charge in [-0.3, -0.25) is 24.6 Å². The van der Waals surface area contributed by atoms with Crippen molar-refractivity contribution in [2.45, 2.75) is 69.3 Å². The van der Waals surface area contributed by atoms with Crippen LogP contribution in [0.1, 0.15) is 53.6 Å². The summed E-state index contributed by atoms with van der Waals surface area (Å²) in [6.07, 6.45) is -0.278. The molecule has 0 unspecified atom stereocenters. The lowest BCUT2D eigenvalue weighted by Gasteiger charge is -2.40. The van der Waals surface area contributed by atoms with Crippen LogP contribution in [-0.2, 0) is 27.4 Å². The molecule has 3 fully saturated rings. The van der Waals surface area contributed by atoms with Crippen molar-refractivity contribution in [3.8, 4) is 0 Å². The molecule has 9 nitrogen and oxygen atoms in total. The average Bonchev–Trinajstić information content (AvgIpc) is 3.31. The summed E-state index contributed by atoms with van der Waals surface area (Å²) in [6.45, 7) is -0.334. The van der Waals surface area contributed by atoms with Gasteiger partial charge in [-0.25, -0.2) is 18.0 Å². The second-order valence-corrected chi connectivity index (χ2v) is 10.1. The Morgan fingerprint density at radius 1 is 1.28 bits per heavy atom. The molecule has 3 aliphatic heterocycles. The normalized spacial score (nSPS) is 27.5. The average molecular weight is 529 g/mol. The minimum Gasteiger partial charge on any atom is -0.446 e. The predicted octanol–water partition coefficient (Wildman–Crippen LogP) is 2.34. The van der Waals surface area contributed by atoms with Gasteiger partial charge in [0.15, 0.2) is 0 Å². The highest BCUT2D eigenvalue weighted by Gasteiger charge is 2.45. The number of alkyl carbamates (subject to hydrolysis) is 1. The summed E-state index contributed by atoms with van der Waals surface area (Å²) in [6, 6.07) is 0.347. The maximum Gasteiger partial charge on any atom is 0.407 e. The van der Waals surface area contributed by atoms with Crippen LogP contribution >= 0.6 is 11.6 Å². The first-order valence-corrected chi connectivity index (χ1v) is 12.1. The van der Waals surface area contributed by atoms with Crippen molar-refractivity contribution < 1.29 is 37.1 Å². The summed E-state index contributed by atoms with van der Waals surface area (Å²) in [5.41, 5.74) is -0.0511. The Labute approximate surface area is 209 Å². The van der Waals surface area contributed by atoms with E-state index in [0.717, 1.165) is 0 Å². The van der Waals surface area contributed by atoms with Crippen LogP contribution in [-0.4, -0.2) is 70.8 Å². The van der Waals surface area contributed by atoms with Crippen LogP contribution in [0.4, 0.5) is 18.0 Å². The highest BCUT2D eigenvalue weighted by Crippen LogP contribution is 2.37. The van der Waals surface area contributed by atoms with E-state index in [2.05, 4.69) is 10.6 Å². The lowest BCUT2D eigenvalue weighted by Crippen LogP contribution is -2.52. The lowest BCUT2D eigenvalue weighted by atomic mass is 9.88. The maximum atomic E-state index is 15.3. The van der Waals surface area contributed by atoms with Crippen molar-refractivity contribution in [2.75, 3.05) is 13.1 Å². The fraction of sp³-hybridized carbons (Fsp3) is 0.565. The molecule has 4 aliphatic rings. The first-order chi connectivity index (χ1) is 17.0. The number of nitrogens with zero attached hydrogens (tertiary/aromatic N) is 2. The molecular weight excluding hydrogens is 505 g/mol. The topological polar surface area (TPSA) is 108 Å². The number of rotatable bonds is 5. The van der Waals surface area contributed by atoms with Crippen LogP contribution in [0, 0.1) is 5.82 Å². The summed E-state index contributed by atoms with van der Waals surface area (Å²) < 4.78 is 47.3. The van der Waals surface area contributed by atoms with E-state index < -0.39 is 47.7 Å². The van der Waals surface area contributed by atoms with Gasteiger partial charge in [0.05, 0.1) is 12.1 Å². The number of hydrogen-bond donors (Lipinski definition) is 2. The number of nitrogens with one attached hydrogen (secondary N) is 2. The van der Waals surface area contributed by atoms with Crippen LogP contribution in [0.5, 0.6) is 0 Å². The Morgan fingerprint density at radius 3 is 2.69 bits per heavy atom. The molecule has 0 bridgehead atoms. The maximum absolute atomic E-state index is 15.3. The van der Waals surface area contributed by atoms with Gasteiger partial charge in [0.25, 0.3) is 11.8 Å². The molecule has 2 saturated heterocycles. The van der Waals surface area contributed by atoms with Crippen LogP contribution in [0.25, 0.3) is 0 Å². The number of likely N-dealkylation sites (tertiary alicyclic amines) is 1. The van der Waals surface area contributed by atoms with E-state index in [-0.39, 0.29) is 66.7 Å². The Kier molecular flexibility index (Phi) is 6.36. The van der Waals surface area contributed by atoms with Crippen molar-refractivity contribution in [1.29, 1.82) is 0 Å². The SMILES string of the molecule is O=C1CC[C@H](N2Cc3c(Cl)cc(CNC(=O)OC4CC(N5CCC(F)(F)C5)C4)c(F)c3C2=O)C(=O)N1. The molecule has 1 aliphatic carbocycles. The molecule has 0 aromatic heterocycles. The molecule has 36 heavy (non-hydrogen) atoms. The van der Waals surface area contributed by atoms with Crippen molar-refractivity contribution >= 4 is 35.4 Å². The summed E-state index contributed by atoms with van der Waals surface area (Å²) in [5, 5.41) is 4.73. The molecule has 0 spiro atoms. The van der Waals surface area contributed by atoms with Crippen molar-refractivity contribution in [3.05, 3.63) is 33.6 Å². The zero-order chi connectivity index (χ0) is 25.8. The number of halogens is 4. The third-order valence-electron chi connectivity index (χ3n) is 7.26. The fourth-order valence-electron chi connectivity index (χ4n) is 5.21. The van der Waals surface area contributed by atoms with Crippen molar-refractivity contribution in [1.82, 2.24) is 20.4 Å². The van der Waals surface area contributed by atoms with Crippen molar-refractivity contribution in [3.63, 3.8) is 0 Å². The van der Waals surface area contributed by atoms with Gasteiger partial charge in [-0.2, -0.15) is 0 Å². The largest absolute Gasteiger partial charge is 0.446 e. The number of hydrogen-bond acceptors (Lipinski definition) is 6. The lowest BCUT2D eigenvalue weighted by molar-refractivity contribution is -0.136. The molecule has 13 heteroatoms. The number of benzene rings is 1. The summed E-state index contributed by atoms with van der Waals surface area (Å²) in [7, 11) is 0. The number of piperidine rings is 1. The number of carbonyl (C=O) groups is 4. The van der Waals surface area contributed by atoms with Gasteiger partial charge in [-0.1, -0.05) is 11.6 Å². The number of ether oxygens (including phenoxy) is 1. The highest BCUT2D eigenvalue weighted by atomic mass is 35.5. The Morgan fingerprint density at radius 2 is 2.03 bits per heavy atom. The highest BCUT2D eigenvalue weighted by molar-refractivity contribution is 6.32. The number of carbonyl (C=O) groups excluding carboxylic acids is 4. The molecule has 4 amide bonds. The number of fused-ring (bicyclic) bond motifs is 1. The number of alkyl halides is 2. The third-order valence-corrected chi connectivity index (χ3v) is 7.60. The Bertz CT molecular complexity index is 1140. The summed E-state index contributed by atoms with van der Waals surface area (Å²) in [4.78, 5) is 51.7. The molecule has 1 atom stereocenters. The van der Waals surface area contributed by atoms with E-state index in [1.54, 1.807) is 4.90 Å². The van der Waals surface area contributed by atoms with Crippen LogP contribution < -0.4 is 10.6 Å². The molecule has 194 valence electrons. The minimum atomic E-state index is -2.68.